The second kappa shape index (κ2) is 8.22. The minimum Gasteiger partial charge on any atom is -0.459 e. The first kappa shape index (κ1) is 16.9. The van der Waals surface area contributed by atoms with Gasteiger partial charge < -0.3 is 15.1 Å². The van der Waals surface area contributed by atoms with Crippen LogP contribution in [0.15, 0.2) is 51.9 Å². The van der Waals surface area contributed by atoms with Gasteiger partial charge in [-0.05, 0) is 31.9 Å². The highest BCUT2D eigenvalue weighted by Crippen LogP contribution is 2.19. The number of nitrogens with zero attached hydrogens (tertiary/aromatic N) is 1. The molecule has 4 nitrogen and oxygen atoms in total. The van der Waals surface area contributed by atoms with E-state index < -0.39 is 0 Å². The number of nitrogens with one attached hydrogen (secondary N) is 2. The van der Waals surface area contributed by atoms with E-state index in [1.54, 1.807) is 0 Å². The lowest BCUT2D eigenvalue weighted by Crippen LogP contribution is -2.42. The molecule has 0 amide bonds. The number of furan rings is 1. The molecule has 0 atom stereocenters. The largest absolute Gasteiger partial charge is 0.459 e. The zero-order chi connectivity index (χ0) is 14.5. The van der Waals surface area contributed by atoms with Crippen molar-refractivity contribution in [3.8, 4) is 0 Å². The van der Waals surface area contributed by atoms with Crippen LogP contribution in [0.2, 0.25) is 0 Å². The Hall–Kier alpha value is -1.50. The Morgan fingerprint density at radius 1 is 1.27 bits per heavy atom. The number of halogens is 1. The van der Waals surface area contributed by atoms with Gasteiger partial charge in [0.1, 0.15) is 17.9 Å². The molecule has 1 aliphatic rings. The van der Waals surface area contributed by atoms with E-state index in [1.807, 2.05) is 18.2 Å². The summed E-state index contributed by atoms with van der Waals surface area (Å²) in [7, 11) is 0. The minimum absolute atomic E-state index is 0. The van der Waals surface area contributed by atoms with Gasteiger partial charge in [0, 0.05) is 18.0 Å². The highest BCUT2D eigenvalue weighted by Gasteiger charge is 2.11. The molecule has 0 saturated heterocycles. The Labute approximate surface area is 148 Å². The molecule has 0 bridgehead atoms. The average molecular weight is 411 g/mol. The van der Waals surface area contributed by atoms with Crippen LogP contribution in [0.5, 0.6) is 0 Å². The van der Waals surface area contributed by atoms with E-state index in [1.165, 1.54) is 0 Å². The number of hydrogen-bond acceptors (Lipinski definition) is 2. The van der Waals surface area contributed by atoms with Gasteiger partial charge in [-0.2, -0.15) is 0 Å². The lowest BCUT2D eigenvalue weighted by molar-refractivity contribution is 0.550. The first-order chi connectivity index (χ1) is 10.3. The lowest BCUT2D eigenvalue weighted by atomic mass is 10.2. The van der Waals surface area contributed by atoms with E-state index >= 15 is 0 Å². The van der Waals surface area contributed by atoms with Crippen LogP contribution in [0.25, 0.3) is 11.0 Å². The van der Waals surface area contributed by atoms with Crippen LogP contribution in [0.3, 0.4) is 0 Å². The Morgan fingerprint density at radius 2 is 2.05 bits per heavy atom. The van der Waals surface area contributed by atoms with E-state index in [-0.39, 0.29) is 24.0 Å². The third-order valence-corrected chi connectivity index (χ3v) is 3.56. The summed E-state index contributed by atoms with van der Waals surface area (Å²) in [5.41, 5.74) is 0.917. The Morgan fingerprint density at radius 3 is 2.77 bits per heavy atom. The quantitative estimate of drug-likeness (QED) is 0.348. The third kappa shape index (κ3) is 4.25. The van der Waals surface area contributed by atoms with Crippen molar-refractivity contribution in [3.05, 3.63) is 48.2 Å². The fourth-order valence-corrected chi connectivity index (χ4v) is 2.52. The summed E-state index contributed by atoms with van der Waals surface area (Å²) in [6, 6.07) is 10.6. The Kier molecular flexibility index (Phi) is 6.30. The number of guanidine groups is 1. The monoisotopic (exact) mass is 411 g/mol. The predicted octanol–water partition coefficient (Wildman–Crippen LogP) is 3.82. The summed E-state index contributed by atoms with van der Waals surface area (Å²) in [6.45, 7) is 3.47. The van der Waals surface area contributed by atoms with E-state index in [0.29, 0.717) is 12.6 Å². The first-order valence-electron chi connectivity index (χ1n) is 7.52. The molecule has 1 aromatic carbocycles. The summed E-state index contributed by atoms with van der Waals surface area (Å²) in [6.07, 6.45) is 6.55. The van der Waals surface area contributed by atoms with Crippen LogP contribution in [-0.4, -0.2) is 18.5 Å². The molecule has 3 rings (SSSR count). The van der Waals surface area contributed by atoms with Crippen molar-refractivity contribution in [2.45, 2.75) is 32.4 Å². The molecular formula is C17H22IN3O. The molecular weight excluding hydrogens is 389 g/mol. The van der Waals surface area contributed by atoms with Crippen molar-refractivity contribution in [1.29, 1.82) is 0 Å². The second-order valence-corrected chi connectivity index (χ2v) is 5.23. The first-order valence-corrected chi connectivity index (χ1v) is 7.52. The molecule has 22 heavy (non-hydrogen) atoms. The molecule has 1 heterocycles. The average Bonchev–Trinajstić information content (AvgIpc) is 3.13. The van der Waals surface area contributed by atoms with E-state index in [4.69, 9.17) is 4.42 Å². The van der Waals surface area contributed by atoms with Gasteiger partial charge in [-0.25, -0.2) is 4.99 Å². The molecule has 0 spiro atoms. The van der Waals surface area contributed by atoms with Crippen LogP contribution in [0.4, 0.5) is 0 Å². The maximum Gasteiger partial charge on any atom is 0.191 e. The zero-order valence-electron chi connectivity index (χ0n) is 12.7. The summed E-state index contributed by atoms with van der Waals surface area (Å²) in [4.78, 5) is 4.62. The maximum absolute atomic E-state index is 5.79. The van der Waals surface area contributed by atoms with Crippen molar-refractivity contribution in [2.24, 2.45) is 4.99 Å². The molecule has 0 unspecified atom stereocenters. The van der Waals surface area contributed by atoms with Crippen molar-refractivity contribution in [1.82, 2.24) is 10.6 Å². The van der Waals surface area contributed by atoms with Crippen molar-refractivity contribution in [3.63, 3.8) is 0 Å². The van der Waals surface area contributed by atoms with E-state index in [9.17, 15) is 0 Å². The van der Waals surface area contributed by atoms with Crippen LogP contribution < -0.4 is 10.6 Å². The Balaban J connectivity index is 0.00000176. The van der Waals surface area contributed by atoms with Crippen molar-refractivity contribution >= 4 is 40.9 Å². The fraction of sp³-hybridized carbons (Fsp3) is 0.353. The molecule has 1 aromatic heterocycles. The minimum atomic E-state index is 0. The molecule has 1 aliphatic carbocycles. The van der Waals surface area contributed by atoms with Crippen LogP contribution in [0.1, 0.15) is 25.5 Å². The maximum atomic E-state index is 5.79. The number of aliphatic imine (C=N–C) groups is 1. The van der Waals surface area contributed by atoms with Gasteiger partial charge in [0.15, 0.2) is 5.96 Å². The molecule has 2 aromatic rings. The van der Waals surface area contributed by atoms with Crippen LogP contribution in [0, 0.1) is 0 Å². The number of para-hydroxylation sites is 1. The van der Waals surface area contributed by atoms with Gasteiger partial charge in [-0.1, -0.05) is 30.4 Å². The van der Waals surface area contributed by atoms with Gasteiger partial charge in [-0.3, -0.25) is 0 Å². The summed E-state index contributed by atoms with van der Waals surface area (Å²) in [5, 5.41) is 7.86. The fourth-order valence-electron chi connectivity index (χ4n) is 2.52. The summed E-state index contributed by atoms with van der Waals surface area (Å²) in [5.74, 6) is 1.74. The van der Waals surface area contributed by atoms with Gasteiger partial charge in [-0.15, -0.1) is 24.0 Å². The van der Waals surface area contributed by atoms with Gasteiger partial charge >= 0.3 is 0 Å². The van der Waals surface area contributed by atoms with Gasteiger partial charge in [0.2, 0.25) is 0 Å². The van der Waals surface area contributed by atoms with Crippen LogP contribution in [-0.2, 0) is 6.54 Å². The van der Waals surface area contributed by atoms with Crippen molar-refractivity contribution in [2.75, 3.05) is 6.54 Å². The molecule has 0 saturated carbocycles. The predicted molar refractivity (Wildman–Crippen MR) is 102 cm³/mol. The topological polar surface area (TPSA) is 49.6 Å². The molecule has 0 radical (unpaired) electrons. The van der Waals surface area contributed by atoms with Crippen LogP contribution >= 0.6 is 24.0 Å². The van der Waals surface area contributed by atoms with Gasteiger partial charge in [0.25, 0.3) is 0 Å². The normalized spacial score (nSPS) is 15.0. The molecule has 5 heteroatoms. The van der Waals surface area contributed by atoms with E-state index in [0.717, 1.165) is 42.1 Å². The SMILES string of the molecule is CCNC(=NCc1cc2ccccc2o1)NC1CC=CC1.I. The lowest BCUT2D eigenvalue weighted by Gasteiger charge is -2.16. The molecule has 0 fully saturated rings. The smallest absolute Gasteiger partial charge is 0.191 e. The molecule has 2 N–H and O–H groups in total. The number of benzene rings is 1. The highest BCUT2D eigenvalue weighted by atomic mass is 127. The summed E-state index contributed by atoms with van der Waals surface area (Å²) >= 11 is 0. The third-order valence-electron chi connectivity index (χ3n) is 3.56. The molecule has 0 aliphatic heterocycles. The standard InChI is InChI=1S/C17H21N3O.HI/c1-2-18-17(20-14-8-4-5-9-14)19-12-15-11-13-7-3-6-10-16(13)21-15;/h3-7,10-11,14H,2,8-9,12H2,1H3,(H2,18,19,20);1H. The second-order valence-electron chi connectivity index (χ2n) is 5.23. The highest BCUT2D eigenvalue weighted by molar-refractivity contribution is 14.0. The number of fused-ring (bicyclic) bond motifs is 1. The van der Waals surface area contributed by atoms with E-state index in [2.05, 4.69) is 46.8 Å². The summed E-state index contributed by atoms with van der Waals surface area (Å²) < 4.78 is 5.79. The van der Waals surface area contributed by atoms with Gasteiger partial charge in [0.05, 0.1) is 0 Å². The van der Waals surface area contributed by atoms with Crippen molar-refractivity contribution < 1.29 is 4.42 Å². The zero-order valence-corrected chi connectivity index (χ0v) is 15.0. The molecule has 118 valence electrons. The number of hydrogen-bond donors (Lipinski definition) is 2. The Bertz CT molecular complexity index is 622. The number of rotatable bonds is 4.